The number of hydrogen-bond donors (Lipinski definition) is 0. The van der Waals surface area contributed by atoms with Crippen molar-refractivity contribution < 1.29 is 19.2 Å². The SMILES string of the molecule is CCCCn1c(=O)c(CCC(=O)OCc2cc([N+](=O)[O-])ccc2OC)nc2ccccc21. The fraction of sp³-hybridized carbons (Fsp3) is 0.348. The molecule has 32 heavy (non-hydrogen) atoms. The molecular weight excluding hydrogens is 414 g/mol. The third kappa shape index (κ3) is 5.29. The van der Waals surface area contributed by atoms with Crippen LogP contribution in [0.15, 0.2) is 47.3 Å². The molecule has 1 heterocycles. The lowest BCUT2D eigenvalue weighted by Crippen LogP contribution is -2.26. The third-order valence-electron chi connectivity index (χ3n) is 5.08. The standard InChI is InChI=1S/C23H25N3O6/c1-3-4-13-25-20-8-6-5-7-18(20)24-19(23(25)28)10-12-22(27)32-15-16-14-17(26(29)30)9-11-21(16)31-2/h5-9,11,14H,3-4,10,12-13,15H2,1-2H3. The molecule has 0 bridgehead atoms. The molecule has 0 aliphatic heterocycles. The first kappa shape index (κ1) is 22.9. The van der Waals surface area contributed by atoms with Gasteiger partial charge in [-0.05, 0) is 24.6 Å². The van der Waals surface area contributed by atoms with Gasteiger partial charge in [-0.1, -0.05) is 25.5 Å². The number of carbonyl (C=O) groups is 1. The Balaban J connectivity index is 1.71. The Morgan fingerprint density at radius 1 is 1.22 bits per heavy atom. The number of esters is 1. The number of nitro groups is 1. The van der Waals surface area contributed by atoms with Gasteiger partial charge >= 0.3 is 5.97 Å². The predicted octanol–water partition coefficient (Wildman–Crippen LogP) is 3.79. The Morgan fingerprint density at radius 3 is 2.72 bits per heavy atom. The number of methoxy groups -OCH3 is 1. The molecule has 0 aliphatic rings. The average molecular weight is 439 g/mol. The Bertz CT molecular complexity index is 1190. The van der Waals surface area contributed by atoms with E-state index in [0.29, 0.717) is 29.1 Å². The van der Waals surface area contributed by atoms with Gasteiger partial charge in [-0.25, -0.2) is 4.98 Å². The number of benzene rings is 2. The Labute approximate surface area is 184 Å². The number of unbranched alkanes of at least 4 members (excludes halogenated alkanes) is 1. The number of para-hydroxylation sites is 2. The van der Waals surface area contributed by atoms with Crippen LogP contribution >= 0.6 is 0 Å². The van der Waals surface area contributed by atoms with Crippen LogP contribution in [0.1, 0.15) is 37.4 Å². The Kier molecular flexibility index (Phi) is 7.54. The summed E-state index contributed by atoms with van der Waals surface area (Å²) in [6, 6.07) is 11.5. The van der Waals surface area contributed by atoms with Crippen LogP contribution in [0.25, 0.3) is 11.0 Å². The summed E-state index contributed by atoms with van der Waals surface area (Å²) in [5.74, 6) is -0.147. The fourth-order valence-corrected chi connectivity index (χ4v) is 3.39. The van der Waals surface area contributed by atoms with Crippen molar-refractivity contribution in [2.75, 3.05) is 7.11 Å². The molecule has 0 spiro atoms. The number of aromatic nitrogens is 2. The van der Waals surface area contributed by atoms with E-state index >= 15 is 0 Å². The molecule has 0 N–H and O–H groups in total. The van der Waals surface area contributed by atoms with Gasteiger partial charge in [0.25, 0.3) is 11.2 Å². The highest BCUT2D eigenvalue weighted by Gasteiger charge is 2.15. The van der Waals surface area contributed by atoms with Crippen LogP contribution in [0.2, 0.25) is 0 Å². The predicted molar refractivity (Wildman–Crippen MR) is 119 cm³/mol. The Hall–Kier alpha value is -3.75. The van der Waals surface area contributed by atoms with Gasteiger partial charge < -0.3 is 14.0 Å². The van der Waals surface area contributed by atoms with E-state index in [1.807, 2.05) is 24.3 Å². The molecule has 0 radical (unpaired) electrons. The number of nitro benzene ring substituents is 1. The zero-order valence-electron chi connectivity index (χ0n) is 18.1. The lowest BCUT2D eigenvalue weighted by molar-refractivity contribution is -0.385. The van der Waals surface area contributed by atoms with Crippen molar-refractivity contribution in [3.8, 4) is 5.75 Å². The smallest absolute Gasteiger partial charge is 0.306 e. The number of ether oxygens (including phenoxy) is 2. The highest BCUT2D eigenvalue weighted by Crippen LogP contribution is 2.24. The molecule has 0 unspecified atom stereocenters. The second kappa shape index (κ2) is 10.5. The van der Waals surface area contributed by atoms with E-state index in [4.69, 9.17) is 9.47 Å². The summed E-state index contributed by atoms with van der Waals surface area (Å²) in [7, 11) is 1.43. The molecule has 0 saturated heterocycles. The number of fused-ring (bicyclic) bond motifs is 1. The monoisotopic (exact) mass is 439 g/mol. The van der Waals surface area contributed by atoms with Crippen molar-refractivity contribution in [1.29, 1.82) is 0 Å². The fourth-order valence-electron chi connectivity index (χ4n) is 3.39. The van der Waals surface area contributed by atoms with Gasteiger partial charge in [0.05, 0.1) is 29.5 Å². The van der Waals surface area contributed by atoms with E-state index in [9.17, 15) is 19.7 Å². The van der Waals surface area contributed by atoms with Gasteiger partial charge in [0.15, 0.2) is 0 Å². The summed E-state index contributed by atoms with van der Waals surface area (Å²) in [6.07, 6.45) is 1.92. The van der Waals surface area contributed by atoms with Crippen molar-refractivity contribution in [2.45, 2.75) is 45.8 Å². The van der Waals surface area contributed by atoms with Gasteiger partial charge in [-0.3, -0.25) is 19.7 Å². The van der Waals surface area contributed by atoms with Crippen molar-refractivity contribution in [2.24, 2.45) is 0 Å². The highest BCUT2D eigenvalue weighted by atomic mass is 16.6. The number of rotatable bonds is 10. The largest absolute Gasteiger partial charge is 0.496 e. The number of hydrogen-bond acceptors (Lipinski definition) is 7. The number of non-ortho nitro benzene ring substituents is 1. The summed E-state index contributed by atoms with van der Waals surface area (Å²) in [6.45, 7) is 2.47. The van der Waals surface area contributed by atoms with Gasteiger partial charge in [-0.2, -0.15) is 0 Å². The molecule has 3 rings (SSSR count). The molecule has 0 saturated carbocycles. The van der Waals surface area contributed by atoms with Gasteiger partial charge in [0, 0.05) is 30.7 Å². The molecule has 0 fully saturated rings. The van der Waals surface area contributed by atoms with Crippen molar-refractivity contribution in [1.82, 2.24) is 9.55 Å². The minimum absolute atomic E-state index is 0.0361. The Morgan fingerprint density at radius 2 is 2.00 bits per heavy atom. The highest BCUT2D eigenvalue weighted by molar-refractivity contribution is 5.75. The van der Waals surface area contributed by atoms with Crippen LogP contribution in [-0.2, 0) is 29.1 Å². The molecule has 9 nitrogen and oxygen atoms in total. The van der Waals surface area contributed by atoms with E-state index in [1.165, 1.54) is 25.3 Å². The molecule has 0 amide bonds. The third-order valence-corrected chi connectivity index (χ3v) is 5.08. The normalized spacial score (nSPS) is 10.8. The van der Waals surface area contributed by atoms with Gasteiger partial charge in [0.1, 0.15) is 18.1 Å². The van der Waals surface area contributed by atoms with Crippen molar-refractivity contribution in [3.05, 3.63) is 74.2 Å². The zero-order chi connectivity index (χ0) is 23.1. The van der Waals surface area contributed by atoms with Crippen LogP contribution in [-0.4, -0.2) is 27.6 Å². The van der Waals surface area contributed by atoms with Crippen LogP contribution in [0.4, 0.5) is 5.69 Å². The second-order valence-electron chi connectivity index (χ2n) is 7.27. The maximum Gasteiger partial charge on any atom is 0.306 e. The van der Waals surface area contributed by atoms with Crippen LogP contribution < -0.4 is 10.3 Å². The van der Waals surface area contributed by atoms with E-state index in [-0.39, 0.29) is 30.7 Å². The zero-order valence-corrected chi connectivity index (χ0v) is 18.1. The molecule has 168 valence electrons. The maximum absolute atomic E-state index is 12.9. The number of nitrogens with zero attached hydrogens (tertiary/aromatic N) is 3. The second-order valence-corrected chi connectivity index (χ2v) is 7.27. The van der Waals surface area contributed by atoms with E-state index in [2.05, 4.69) is 11.9 Å². The summed E-state index contributed by atoms with van der Waals surface area (Å²) >= 11 is 0. The van der Waals surface area contributed by atoms with E-state index < -0.39 is 10.9 Å². The van der Waals surface area contributed by atoms with Crippen LogP contribution in [0, 0.1) is 10.1 Å². The number of carbonyl (C=O) groups excluding carboxylic acids is 1. The van der Waals surface area contributed by atoms with Gasteiger partial charge in [-0.15, -0.1) is 0 Å². The molecular formula is C23H25N3O6. The molecule has 0 aliphatic carbocycles. The summed E-state index contributed by atoms with van der Waals surface area (Å²) in [5, 5.41) is 11.0. The van der Waals surface area contributed by atoms with Crippen molar-refractivity contribution in [3.63, 3.8) is 0 Å². The summed E-state index contributed by atoms with van der Waals surface area (Å²) in [4.78, 5) is 40.2. The molecule has 9 heteroatoms. The topological polar surface area (TPSA) is 114 Å². The number of aryl methyl sites for hydroxylation is 2. The van der Waals surface area contributed by atoms with E-state index in [0.717, 1.165) is 18.4 Å². The lowest BCUT2D eigenvalue weighted by Gasteiger charge is -2.12. The first-order valence-electron chi connectivity index (χ1n) is 10.4. The minimum atomic E-state index is -0.534. The molecule has 1 aromatic heterocycles. The molecule has 0 atom stereocenters. The minimum Gasteiger partial charge on any atom is -0.496 e. The van der Waals surface area contributed by atoms with Crippen molar-refractivity contribution >= 4 is 22.7 Å². The first-order chi connectivity index (χ1) is 15.4. The van der Waals surface area contributed by atoms with E-state index in [1.54, 1.807) is 4.57 Å². The molecule has 3 aromatic rings. The molecule has 2 aromatic carbocycles. The summed E-state index contributed by atoms with van der Waals surface area (Å²) in [5.41, 5.74) is 1.85. The van der Waals surface area contributed by atoms with Crippen LogP contribution in [0.5, 0.6) is 5.75 Å². The quantitative estimate of drug-likeness (QED) is 0.268. The van der Waals surface area contributed by atoms with Crippen LogP contribution in [0.3, 0.4) is 0 Å². The maximum atomic E-state index is 12.9. The average Bonchev–Trinajstić information content (AvgIpc) is 2.80. The first-order valence-corrected chi connectivity index (χ1v) is 10.4. The lowest BCUT2D eigenvalue weighted by atomic mass is 10.2. The van der Waals surface area contributed by atoms with Gasteiger partial charge in [0.2, 0.25) is 0 Å². The summed E-state index contributed by atoms with van der Waals surface area (Å²) < 4.78 is 12.2.